The lowest BCUT2D eigenvalue weighted by Crippen LogP contribution is -2.60. The Morgan fingerprint density at radius 3 is 1.96 bits per heavy atom. The van der Waals surface area contributed by atoms with Crippen LogP contribution in [-0.4, -0.2) is 174 Å². The highest BCUT2D eigenvalue weighted by atomic mass is 35.5. The first-order valence-electron chi connectivity index (χ1n) is 31.1. The summed E-state index contributed by atoms with van der Waals surface area (Å²) < 4.78 is 31.1. The largest absolute Gasteiger partial charge is 0.508 e. The van der Waals surface area contributed by atoms with E-state index in [0.29, 0.717) is 0 Å². The Kier molecular flexibility index (Phi) is 20.7. The summed E-state index contributed by atoms with van der Waals surface area (Å²) in [5, 5.41) is 109. The first-order chi connectivity index (χ1) is 46.6. The van der Waals surface area contributed by atoms with E-state index in [1.165, 1.54) is 50.4 Å². The molecule has 7 heterocycles. The Balaban J connectivity index is 1.23. The van der Waals surface area contributed by atoms with Crippen LogP contribution in [0, 0.1) is 12.8 Å². The predicted octanol–water partition coefficient (Wildman–Crippen LogP) is 1.11. The number of carbonyl (C=O) groups is 9. The van der Waals surface area contributed by atoms with E-state index in [-0.39, 0.29) is 62.1 Å². The highest BCUT2D eigenvalue weighted by Crippen LogP contribution is 2.50. The summed E-state index contributed by atoms with van der Waals surface area (Å²) in [6.45, 7) is 9.69. The first-order valence-corrected chi connectivity index (χ1v) is 31.4. The van der Waals surface area contributed by atoms with E-state index in [1.807, 2.05) is 0 Å². The zero-order chi connectivity index (χ0) is 72.1. The highest BCUT2D eigenvalue weighted by Gasteiger charge is 2.51. The zero-order valence-electron chi connectivity index (χ0n) is 54.3. The fourth-order valence-electron chi connectivity index (χ4n) is 12.2. The number of halogens is 1. The number of nitrogens with zero attached hydrogens (tertiary/aromatic N) is 1. The van der Waals surface area contributed by atoms with Gasteiger partial charge in [0.15, 0.2) is 11.5 Å². The molecular weight excluding hydrogens is 1320 g/mol. The lowest BCUT2D eigenvalue weighted by molar-refractivity contribution is -0.290. The van der Waals surface area contributed by atoms with Gasteiger partial charge >= 0.3 is 6.09 Å². The Labute approximate surface area is 568 Å². The average molecular weight is 1400 g/mol. The van der Waals surface area contributed by atoms with Gasteiger partial charge in [0.2, 0.25) is 53.4 Å². The van der Waals surface area contributed by atoms with Gasteiger partial charge in [0.1, 0.15) is 114 Å². The van der Waals surface area contributed by atoms with Crippen molar-refractivity contribution in [3.63, 3.8) is 0 Å². The molecule has 0 spiro atoms. The van der Waals surface area contributed by atoms with Crippen molar-refractivity contribution in [2.24, 2.45) is 11.7 Å². The van der Waals surface area contributed by atoms with Crippen LogP contribution < -0.4 is 57.3 Å². The molecule has 0 aliphatic carbocycles. The van der Waals surface area contributed by atoms with Gasteiger partial charge in [-0.05, 0) is 140 Å². The predicted molar refractivity (Wildman–Crippen MR) is 341 cm³/mol. The number of phenols is 2. The molecule has 17 N–H and O–H groups in total. The fraction of sp³-hybridized carbons (Fsp3) is 0.409. The lowest BCUT2D eigenvalue weighted by atomic mass is 9.87. The van der Waals surface area contributed by atoms with E-state index in [0.717, 1.165) is 54.5 Å². The second-order valence-electron chi connectivity index (χ2n) is 25.9. The maximum absolute atomic E-state index is 16.0. The summed E-state index contributed by atoms with van der Waals surface area (Å²) in [5.41, 5.74) is 5.09. The summed E-state index contributed by atoms with van der Waals surface area (Å²) in [5.74, 6) is -13.9. The molecule has 32 nitrogen and oxygen atoms in total. The van der Waals surface area contributed by atoms with Gasteiger partial charge < -0.3 is 102 Å². The molecule has 528 valence electrons. The highest BCUT2D eigenvalue weighted by molar-refractivity contribution is 6.32. The molecule has 7 aliphatic rings. The molecule has 0 aromatic heterocycles. The maximum atomic E-state index is 16.0. The van der Waals surface area contributed by atoms with Crippen LogP contribution in [0.1, 0.15) is 123 Å². The molecule has 7 aliphatic heterocycles. The second-order valence-corrected chi connectivity index (χ2v) is 26.3. The molecule has 12 rings (SSSR count). The van der Waals surface area contributed by atoms with Gasteiger partial charge in [-0.25, -0.2) is 10.3 Å². The standard InChI is InChI=1S/C66H74ClN9O23/c1-24(2)15-36(76(7)65(93)99-66(4,5)6)58(87)73-47-49(80)27-10-13-38-32(18-27)51(82)56-53(84)52(83)54(85)64(98-56)97-55-40(95-38)20-29-21-41(55)96-39-14-11-28(19-34(39)67)50(81)48-62(91)72-46(63(92)75-94-8)33-22-30(77)16-25(3)43(33)31-17-26(9-12-37(31)78)44(59(88)74-48)71-60(89)45(29)70-57(86)35(23-42(68)79)69-61(47)90/h9-14,16-22,24,35-36,44-54,56,64,77-78,80-85H,15,23H2,1-8H3,(H2,68,79)(H,69,90)(H,70,86)(H,71,89)(H,72,91)(H,73,87)(H,74,88)(H,75,92)/t35-,36+,44+,45+,46-,47+,48-,49+,50+,51?,52-,53-,54+,56+,64+/m0/s1. The maximum Gasteiger partial charge on any atom is 0.410 e. The summed E-state index contributed by atoms with van der Waals surface area (Å²) in [6.07, 6.45) is -19.2. The summed E-state index contributed by atoms with van der Waals surface area (Å²) in [7, 11) is 2.35. The number of phenolic OH excluding ortho intramolecular Hbond substituents is 2. The minimum absolute atomic E-state index is 0.0127. The number of hydrogen-bond donors (Lipinski definition) is 16. The van der Waals surface area contributed by atoms with Gasteiger partial charge in [-0.1, -0.05) is 43.6 Å². The van der Waals surface area contributed by atoms with Crippen molar-refractivity contribution >= 4 is 65.0 Å². The molecule has 0 radical (unpaired) electrons. The fourth-order valence-corrected chi connectivity index (χ4v) is 12.4. The van der Waals surface area contributed by atoms with Crippen molar-refractivity contribution in [3.8, 4) is 51.4 Å². The number of aryl methyl sites for hydroxylation is 1. The number of hydroxylamine groups is 1. The Morgan fingerprint density at radius 1 is 0.687 bits per heavy atom. The number of hydrogen-bond acceptors (Lipinski definition) is 23. The molecule has 15 atom stereocenters. The van der Waals surface area contributed by atoms with E-state index in [9.17, 15) is 60.0 Å². The molecule has 9 amide bonds. The van der Waals surface area contributed by atoms with Crippen LogP contribution in [0.15, 0.2) is 78.9 Å². The Bertz CT molecular complexity index is 4080. The van der Waals surface area contributed by atoms with Gasteiger partial charge in [-0.3, -0.25) is 48.1 Å². The Morgan fingerprint density at radius 2 is 1.31 bits per heavy atom. The van der Waals surface area contributed by atoms with Crippen LogP contribution in [0.3, 0.4) is 0 Å². The molecule has 0 saturated carbocycles. The van der Waals surface area contributed by atoms with Crippen LogP contribution in [0.2, 0.25) is 5.02 Å². The monoisotopic (exact) mass is 1400 g/mol. The number of benzene rings is 5. The van der Waals surface area contributed by atoms with Gasteiger partial charge in [-0.15, -0.1) is 0 Å². The molecule has 33 heteroatoms. The van der Waals surface area contributed by atoms with Gasteiger partial charge in [-0.2, -0.15) is 0 Å². The molecule has 1 unspecified atom stereocenters. The molecule has 5 aromatic carbocycles. The van der Waals surface area contributed by atoms with Crippen molar-refractivity contribution in [2.45, 2.75) is 151 Å². The Hall–Kier alpha value is -9.90. The van der Waals surface area contributed by atoms with Crippen LogP contribution in [0.25, 0.3) is 11.1 Å². The van der Waals surface area contributed by atoms with Crippen LogP contribution in [0.4, 0.5) is 4.79 Å². The topological polar surface area (TPSA) is 484 Å². The third kappa shape index (κ3) is 14.9. The number of primary amides is 1. The smallest absolute Gasteiger partial charge is 0.410 e. The quantitative estimate of drug-likeness (QED) is 0.0919. The first kappa shape index (κ1) is 71.9. The van der Waals surface area contributed by atoms with E-state index < -0.39 is 202 Å². The third-order valence-electron chi connectivity index (χ3n) is 17.1. The summed E-state index contributed by atoms with van der Waals surface area (Å²) >= 11 is 7.00. The van der Waals surface area contributed by atoms with Crippen LogP contribution in [0.5, 0.6) is 40.2 Å². The number of ether oxygens (including phenoxy) is 5. The number of nitrogens with one attached hydrogen (secondary N) is 7. The van der Waals surface area contributed by atoms with Gasteiger partial charge in [0.05, 0.1) is 18.6 Å². The SMILES string of the molecule is CONC(=O)[C@H]1NC(=O)[C@H]2NC(=O)[C@H](NC(=O)[C@@H]3NC(=O)[C@H](CC(N)=O)NC(=O)[C@H](NC(=O)[C@@H](CC(C)C)N(C)C(=O)OC(C)(C)C)[C@H](O)c4ccc5c(c4)C(O)[C@H]4O[C@@H](Oc6c(cc3cc6O5)Oc3ccc(cc3Cl)[C@H]2O)[C@H](O)[C@@H](O)[C@@H]4O)c2ccc(O)c(c2)-c2c(C)cc(O)cc21. The average Bonchev–Trinajstić information content (AvgIpc) is 0.756. The van der Waals surface area contributed by atoms with E-state index in [1.54, 1.807) is 34.6 Å². The van der Waals surface area contributed by atoms with Crippen molar-refractivity contribution in [2.75, 3.05) is 14.2 Å². The summed E-state index contributed by atoms with van der Waals surface area (Å²) in [4.78, 5) is 139. The number of fused-ring (bicyclic) bond motifs is 16. The molecule has 1 fully saturated rings. The number of rotatable bonds is 9. The summed E-state index contributed by atoms with van der Waals surface area (Å²) in [6, 6.07) is 0.547. The van der Waals surface area contributed by atoms with Crippen molar-refractivity contribution < 1.29 is 113 Å². The molecule has 14 bridgehead atoms. The van der Waals surface area contributed by atoms with E-state index in [2.05, 4.69) is 37.4 Å². The van der Waals surface area contributed by atoms with Crippen molar-refractivity contribution in [1.82, 2.24) is 42.3 Å². The van der Waals surface area contributed by atoms with Crippen molar-refractivity contribution in [1.29, 1.82) is 0 Å². The molecule has 99 heavy (non-hydrogen) atoms. The molecular formula is C66H74ClN9O23. The number of aromatic hydroxyl groups is 2. The minimum atomic E-state index is -2.29. The number of likely N-dealkylation sites (N-methyl/N-ethyl adjacent to an activating group) is 1. The second kappa shape index (κ2) is 28.5. The van der Waals surface area contributed by atoms with Crippen molar-refractivity contribution in [3.05, 3.63) is 123 Å². The zero-order valence-corrected chi connectivity index (χ0v) is 55.0. The van der Waals surface area contributed by atoms with Crippen LogP contribution in [-0.2, 0) is 52.7 Å². The lowest BCUT2D eigenvalue weighted by Gasteiger charge is -2.43. The molecule has 1 saturated heterocycles. The van der Waals surface area contributed by atoms with Gasteiger partial charge in [0, 0.05) is 18.2 Å². The normalized spacial score (nSPS) is 26.3. The van der Waals surface area contributed by atoms with E-state index in [4.69, 9.17) is 45.9 Å². The number of aliphatic hydroxyl groups excluding tert-OH is 6. The molecule has 5 aromatic rings. The van der Waals surface area contributed by atoms with E-state index >= 15 is 24.0 Å². The minimum Gasteiger partial charge on any atom is -0.508 e. The number of nitrogens with two attached hydrogens (primary N) is 1. The third-order valence-corrected chi connectivity index (χ3v) is 17.4. The van der Waals surface area contributed by atoms with Crippen LogP contribution >= 0.6 is 11.6 Å². The number of aliphatic hydroxyl groups is 6. The number of amides is 9. The number of carbonyl (C=O) groups excluding carboxylic acids is 9. The van der Waals surface area contributed by atoms with Gasteiger partial charge in [0.25, 0.3) is 5.91 Å².